The number of methoxy groups -OCH3 is 1. The summed E-state index contributed by atoms with van der Waals surface area (Å²) in [4.78, 5) is 25.5. The first-order chi connectivity index (χ1) is 12.4. The van der Waals surface area contributed by atoms with E-state index < -0.39 is 5.91 Å². The molecule has 0 radical (unpaired) electrons. The zero-order valence-electron chi connectivity index (χ0n) is 14.8. The minimum Gasteiger partial charge on any atom is -0.497 e. The molecule has 7 heteroatoms. The van der Waals surface area contributed by atoms with Gasteiger partial charge in [-0.25, -0.2) is 0 Å². The number of anilines is 2. The van der Waals surface area contributed by atoms with Gasteiger partial charge in [-0.2, -0.15) is 0 Å². The lowest BCUT2D eigenvalue weighted by molar-refractivity contribution is -0.118. The number of halogens is 1. The zero-order chi connectivity index (χ0) is 19.1. The Hall–Kier alpha value is -2.54. The molecular weight excluding hydrogens is 398 g/mol. The molecule has 0 fully saturated rings. The Morgan fingerprint density at radius 2 is 1.88 bits per heavy atom. The number of hydrogen-bond acceptors (Lipinski definition) is 4. The molecule has 0 spiro atoms. The number of carbonyl (C=O) groups excluding carboxylic acids is 2. The number of benzene rings is 2. The van der Waals surface area contributed by atoms with Crippen LogP contribution in [0.1, 0.15) is 12.0 Å². The average Bonchev–Trinajstić information content (AvgIpc) is 2.61. The summed E-state index contributed by atoms with van der Waals surface area (Å²) in [6, 6.07) is 13.0. The second kappa shape index (κ2) is 9.24. The fraction of sp³-hybridized carbons (Fsp3) is 0.263. The molecule has 0 aliphatic carbocycles. The highest BCUT2D eigenvalue weighted by molar-refractivity contribution is 9.10. The maximum absolute atomic E-state index is 12.5. The summed E-state index contributed by atoms with van der Waals surface area (Å²) in [5, 5.41) is 2.91. The number of rotatable bonds is 8. The van der Waals surface area contributed by atoms with Gasteiger partial charge in [-0.15, -0.1) is 0 Å². The van der Waals surface area contributed by atoms with Crippen molar-refractivity contribution in [2.45, 2.75) is 13.3 Å². The lowest BCUT2D eigenvalue weighted by Crippen LogP contribution is -2.35. The van der Waals surface area contributed by atoms with Gasteiger partial charge in [0.25, 0.3) is 0 Å². The highest BCUT2D eigenvalue weighted by atomic mass is 79.9. The zero-order valence-corrected chi connectivity index (χ0v) is 16.4. The van der Waals surface area contributed by atoms with Crippen LogP contribution in [0.4, 0.5) is 11.4 Å². The first-order valence-electron chi connectivity index (χ1n) is 8.12. The Balaban J connectivity index is 2.11. The molecule has 2 aromatic rings. The maximum atomic E-state index is 12.5. The standard InChI is InChI=1S/C19H22BrN3O3/c1-13-11-14(20)3-8-17(13)22-19(25)12-23(10-9-18(21)24)15-4-6-16(26-2)7-5-15/h3-8,11H,9-10,12H2,1-2H3,(H2,21,24)(H,22,25). The predicted octanol–water partition coefficient (Wildman–Crippen LogP) is 3.09. The summed E-state index contributed by atoms with van der Waals surface area (Å²) in [5.74, 6) is 0.141. The molecule has 2 aromatic carbocycles. The van der Waals surface area contributed by atoms with Gasteiger partial charge in [0, 0.05) is 28.8 Å². The van der Waals surface area contributed by atoms with Crippen LogP contribution < -0.4 is 20.7 Å². The van der Waals surface area contributed by atoms with Crippen LogP contribution in [-0.4, -0.2) is 32.0 Å². The Bertz CT molecular complexity index is 778. The molecule has 0 aliphatic rings. The summed E-state index contributed by atoms with van der Waals surface area (Å²) in [6.45, 7) is 2.39. The molecule has 0 aliphatic heterocycles. The first-order valence-corrected chi connectivity index (χ1v) is 8.91. The van der Waals surface area contributed by atoms with Crippen LogP contribution in [0, 0.1) is 6.92 Å². The van der Waals surface area contributed by atoms with Gasteiger partial charge in [-0.3, -0.25) is 9.59 Å². The number of aryl methyl sites for hydroxylation is 1. The molecule has 2 amide bonds. The van der Waals surface area contributed by atoms with E-state index in [1.165, 1.54) is 0 Å². The number of nitrogens with one attached hydrogen (secondary N) is 1. The third-order valence-corrected chi connectivity index (χ3v) is 4.36. The lowest BCUT2D eigenvalue weighted by Gasteiger charge is -2.24. The normalized spacial score (nSPS) is 10.3. The van der Waals surface area contributed by atoms with Gasteiger partial charge in [0.2, 0.25) is 11.8 Å². The average molecular weight is 420 g/mol. The summed E-state index contributed by atoms with van der Waals surface area (Å²) < 4.78 is 6.11. The molecule has 0 heterocycles. The van der Waals surface area contributed by atoms with Crippen molar-refractivity contribution in [1.82, 2.24) is 0 Å². The molecule has 3 N–H and O–H groups in total. The molecule has 26 heavy (non-hydrogen) atoms. The first kappa shape index (κ1) is 19.8. The minimum absolute atomic E-state index is 0.106. The van der Waals surface area contributed by atoms with Crippen LogP contribution in [0.3, 0.4) is 0 Å². The fourth-order valence-electron chi connectivity index (χ4n) is 2.47. The van der Waals surface area contributed by atoms with Crippen molar-refractivity contribution in [3.05, 3.63) is 52.5 Å². The van der Waals surface area contributed by atoms with E-state index in [0.29, 0.717) is 6.54 Å². The Labute approximate surface area is 161 Å². The minimum atomic E-state index is -0.410. The summed E-state index contributed by atoms with van der Waals surface area (Å²) >= 11 is 3.40. The van der Waals surface area contributed by atoms with Gasteiger partial charge < -0.3 is 20.7 Å². The quantitative estimate of drug-likeness (QED) is 0.688. The van der Waals surface area contributed by atoms with Crippen LogP contribution in [0.2, 0.25) is 0 Å². The van der Waals surface area contributed by atoms with Crippen molar-refractivity contribution in [2.75, 3.05) is 30.4 Å². The van der Waals surface area contributed by atoms with Crippen molar-refractivity contribution < 1.29 is 14.3 Å². The predicted molar refractivity (Wildman–Crippen MR) is 107 cm³/mol. The lowest BCUT2D eigenvalue weighted by atomic mass is 10.2. The number of amides is 2. The molecule has 138 valence electrons. The third-order valence-electron chi connectivity index (χ3n) is 3.86. The number of nitrogens with zero attached hydrogens (tertiary/aromatic N) is 1. The molecule has 0 atom stereocenters. The van der Waals surface area contributed by atoms with Gasteiger partial charge in [-0.1, -0.05) is 15.9 Å². The molecule has 2 rings (SSSR count). The Morgan fingerprint density at radius 3 is 2.46 bits per heavy atom. The highest BCUT2D eigenvalue weighted by Gasteiger charge is 2.14. The molecule has 6 nitrogen and oxygen atoms in total. The van der Waals surface area contributed by atoms with E-state index in [9.17, 15) is 9.59 Å². The van der Waals surface area contributed by atoms with Crippen LogP contribution >= 0.6 is 15.9 Å². The number of hydrogen-bond donors (Lipinski definition) is 2. The van der Waals surface area contributed by atoms with Crippen molar-refractivity contribution >= 4 is 39.1 Å². The molecule has 0 aromatic heterocycles. The van der Waals surface area contributed by atoms with Crippen LogP contribution in [0.25, 0.3) is 0 Å². The monoisotopic (exact) mass is 419 g/mol. The van der Waals surface area contributed by atoms with Crippen molar-refractivity contribution in [3.8, 4) is 5.75 Å². The Kier molecular flexibility index (Phi) is 7.03. The SMILES string of the molecule is COc1ccc(N(CCC(N)=O)CC(=O)Nc2ccc(Br)cc2C)cc1. The summed E-state index contributed by atoms with van der Waals surface area (Å²) in [7, 11) is 1.59. The highest BCUT2D eigenvalue weighted by Crippen LogP contribution is 2.22. The van der Waals surface area contributed by atoms with Gasteiger partial charge in [0.05, 0.1) is 13.7 Å². The van der Waals surface area contributed by atoms with Crippen molar-refractivity contribution in [2.24, 2.45) is 5.73 Å². The van der Waals surface area contributed by atoms with E-state index in [-0.39, 0.29) is 18.9 Å². The molecular formula is C19H22BrN3O3. The largest absolute Gasteiger partial charge is 0.497 e. The maximum Gasteiger partial charge on any atom is 0.243 e. The number of primary amides is 1. The molecule has 0 saturated heterocycles. The van der Waals surface area contributed by atoms with E-state index >= 15 is 0 Å². The topological polar surface area (TPSA) is 84.7 Å². The number of ether oxygens (including phenoxy) is 1. The van der Waals surface area contributed by atoms with Crippen molar-refractivity contribution in [1.29, 1.82) is 0 Å². The summed E-state index contributed by atoms with van der Waals surface area (Å²) in [6.07, 6.45) is 0.163. The second-order valence-corrected chi connectivity index (χ2v) is 6.76. The fourth-order valence-corrected chi connectivity index (χ4v) is 2.94. The summed E-state index contributed by atoms with van der Waals surface area (Å²) in [5.41, 5.74) is 7.79. The molecule has 0 bridgehead atoms. The van der Waals surface area contributed by atoms with E-state index in [4.69, 9.17) is 10.5 Å². The molecule has 0 saturated carbocycles. The van der Waals surface area contributed by atoms with Crippen LogP contribution in [0.5, 0.6) is 5.75 Å². The second-order valence-electron chi connectivity index (χ2n) is 5.84. The van der Waals surface area contributed by atoms with Gasteiger partial charge in [0.15, 0.2) is 0 Å². The van der Waals surface area contributed by atoms with E-state index in [1.807, 2.05) is 54.3 Å². The van der Waals surface area contributed by atoms with Crippen LogP contribution in [0.15, 0.2) is 46.9 Å². The van der Waals surface area contributed by atoms with Crippen LogP contribution in [-0.2, 0) is 9.59 Å². The van der Waals surface area contributed by atoms with Crippen molar-refractivity contribution in [3.63, 3.8) is 0 Å². The number of nitrogens with two attached hydrogens (primary N) is 1. The van der Waals surface area contributed by atoms with E-state index in [1.54, 1.807) is 7.11 Å². The van der Waals surface area contributed by atoms with E-state index in [2.05, 4.69) is 21.2 Å². The van der Waals surface area contributed by atoms with Gasteiger partial charge in [0.1, 0.15) is 5.75 Å². The number of carbonyl (C=O) groups is 2. The van der Waals surface area contributed by atoms with E-state index in [0.717, 1.165) is 27.2 Å². The van der Waals surface area contributed by atoms with Gasteiger partial charge >= 0.3 is 0 Å². The third kappa shape index (κ3) is 5.77. The smallest absolute Gasteiger partial charge is 0.243 e. The molecule has 0 unspecified atom stereocenters. The van der Waals surface area contributed by atoms with Gasteiger partial charge in [-0.05, 0) is 55.0 Å². The Morgan fingerprint density at radius 1 is 1.19 bits per heavy atom.